The van der Waals surface area contributed by atoms with Crippen molar-refractivity contribution in [2.45, 2.75) is 18.6 Å². The largest absolute Gasteiger partial charge is 0.389 e. The molecule has 1 fully saturated rings. The van der Waals surface area contributed by atoms with Gasteiger partial charge in [0.05, 0.1) is 12.2 Å². The van der Waals surface area contributed by atoms with E-state index in [4.69, 9.17) is 18.0 Å². The third-order valence-corrected chi connectivity index (χ3v) is 5.10. The summed E-state index contributed by atoms with van der Waals surface area (Å²) < 4.78 is 0. The molecule has 1 aromatic carbocycles. The SMILES string of the molecule is CCC1CN(CC(=O)Nc2ccccc2C(N)=S)CCS1. The average Bonchev–Trinajstić information content (AvgIpc) is 2.47. The number of amides is 1. The summed E-state index contributed by atoms with van der Waals surface area (Å²) in [6.45, 7) is 4.56. The van der Waals surface area contributed by atoms with Crippen LogP contribution in [0, 0.1) is 0 Å². The number of nitrogens with two attached hydrogens (primary N) is 1. The first kappa shape index (κ1) is 16.3. The van der Waals surface area contributed by atoms with Crippen LogP contribution in [-0.4, -0.2) is 46.4 Å². The summed E-state index contributed by atoms with van der Waals surface area (Å²) >= 11 is 7.01. The predicted molar refractivity (Wildman–Crippen MR) is 93.9 cm³/mol. The second-order valence-corrected chi connectivity index (χ2v) is 6.94. The average molecular weight is 323 g/mol. The quantitative estimate of drug-likeness (QED) is 0.813. The minimum absolute atomic E-state index is 0.0135. The minimum atomic E-state index is -0.0135. The first-order valence-corrected chi connectivity index (χ1v) is 8.58. The number of para-hydroxylation sites is 1. The second-order valence-electron chi connectivity index (χ2n) is 5.09. The van der Waals surface area contributed by atoms with Crippen LogP contribution in [0.2, 0.25) is 0 Å². The molecule has 0 saturated carbocycles. The first-order valence-electron chi connectivity index (χ1n) is 7.12. The van der Waals surface area contributed by atoms with E-state index in [-0.39, 0.29) is 5.91 Å². The van der Waals surface area contributed by atoms with Crippen molar-refractivity contribution in [1.82, 2.24) is 4.90 Å². The maximum atomic E-state index is 12.2. The van der Waals surface area contributed by atoms with Crippen molar-refractivity contribution < 1.29 is 4.79 Å². The molecule has 1 saturated heterocycles. The van der Waals surface area contributed by atoms with Gasteiger partial charge in [0.15, 0.2) is 0 Å². The summed E-state index contributed by atoms with van der Waals surface area (Å²) in [7, 11) is 0. The number of carbonyl (C=O) groups is 1. The van der Waals surface area contributed by atoms with Crippen molar-refractivity contribution >= 4 is 40.6 Å². The van der Waals surface area contributed by atoms with Crippen molar-refractivity contribution in [2.75, 3.05) is 30.7 Å². The Balaban J connectivity index is 1.94. The van der Waals surface area contributed by atoms with Gasteiger partial charge in [-0.05, 0) is 18.6 Å². The molecule has 0 spiro atoms. The van der Waals surface area contributed by atoms with Crippen molar-refractivity contribution in [3.8, 4) is 0 Å². The number of benzene rings is 1. The van der Waals surface area contributed by atoms with Gasteiger partial charge in [0.25, 0.3) is 0 Å². The Bertz CT molecular complexity index is 521. The number of carbonyl (C=O) groups excluding carboxylic acids is 1. The summed E-state index contributed by atoms with van der Waals surface area (Å²) in [6, 6.07) is 7.37. The van der Waals surface area contributed by atoms with Crippen LogP contribution in [0.25, 0.3) is 0 Å². The predicted octanol–water partition coefficient (Wildman–Crippen LogP) is 2.09. The molecule has 114 valence electrons. The van der Waals surface area contributed by atoms with Crippen LogP contribution in [0.3, 0.4) is 0 Å². The molecule has 0 aromatic heterocycles. The Morgan fingerprint density at radius 2 is 2.29 bits per heavy atom. The fourth-order valence-electron chi connectivity index (χ4n) is 2.37. The number of hydrogen-bond acceptors (Lipinski definition) is 4. The lowest BCUT2D eigenvalue weighted by atomic mass is 10.2. The van der Waals surface area contributed by atoms with Crippen LogP contribution in [0.4, 0.5) is 5.69 Å². The van der Waals surface area contributed by atoms with Crippen LogP contribution < -0.4 is 11.1 Å². The van der Waals surface area contributed by atoms with Gasteiger partial charge in [0, 0.05) is 29.7 Å². The minimum Gasteiger partial charge on any atom is -0.389 e. The highest BCUT2D eigenvalue weighted by Gasteiger charge is 2.21. The molecule has 1 heterocycles. The van der Waals surface area contributed by atoms with Gasteiger partial charge in [-0.15, -0.1) is 0 Å². The molecular formula is C15H21N3OS2. The summed E-state index contributed by atoms with van der Waals surface area (Å²) in [5, 5.41) is 3.55. The Labute approximate surface area is 135 Å². The molecule has 1 atom stereocenters. The molecule has 1 aromatic rings. The maximum absolute atomic E-state index is 12.2. The first-order chi connectivity index (χ1) is 10.1. The lowest BCUT2D eigenvalue weighted by molar-refractivity contribution is -0.117. The van der Waals surface area contributed by atoms with Gasteiger partial charge in [-0.3, -0.25) is 9.69 Å². The molecule has 1 aliphatic rings. The number of thiocarbonyl (C=S) groups is 1. The molecule has 1 unspecified atom stereocenters. The van der Waals surface area contributed by atoms with Crippen LogP contribution in [0.15, 0.2) is 24.3 Å². The van der Waals surface area contributed by atoms with E-state index in [2.05, 4.69) is 17.1 Å². The Kier molecular flexibility index (Phi) is 6.02. The lowest BCUT2D eigenvalue weighted by Gasteiger charge is -2.31. The van der Waals surface area contributed by atoms with E-state index < -0.39 is 0 Å². The lowest BCUT2D eigenvalue weighted by Crippen LogP contribution is -2.42. The topological polar surface area (TPSA) is 58.4 Å². The fourth-order valence-corrected chi connectivity index (χ4v) is 3.80. The molecule has 0 aliphatic carbocycles. The molecule has 4 nitrogen and oxygen atoms in total. The van der Waals surface area contributed by atoms with Crippen molar-refractivity contribution in [1.29, 1.82) is 0 Å². The number of thioether (sulfide) groups is 1. The molecule has 6 heteroatoms. The third kappa shape index (κ3) is 4.69. The van der Waals surface area contributed by atoms with Gasteiger partial charge in [0.2, 0.25) is 5.91 Å². The van der Waals surface area contributed by atoms with Crippen LogP contribution in [0.1, 0.15) is 18.9 Å². The highest BCUT2D eigenvalue weighted by atomic mass is 32.2. The zero-order valence-corrected chi connectivity index (χ0v) is 13.8. The molecule has 0 radical (unpaired) electrons. The zero-order valence-electron chi connectivity index (χ0n) is 12.2. The Morgan fingerprint density at radius 1 is 1.52 bits per heavy atom. The number of hydrogen-bond donors (Lipinski definition) is 2. The molecule has 21 heavy (non-hydrogen) atoms. The Hall–Kier alpha value is -1.11. The molecule has 2 rings (SSSR count). The fraction of sp³-hybridized carbons (Fsp3) is 0.467. The summed E-state index contributed by atoms with van der Waals surface area (Å²) in [5.41, 5.74) is 7.08. The molecule has 1 amide bonds. The molecule has 3 N–H and O–H groups in total. The van der Waals surface area contributed by atoms with E-state index in [1.165, 1.54) is 0 Å². The standard InChI is InChI=1S/C15H21N3OS2/c1-2-11-9-18(7-8-21-11)10-14(19)17-13-6-4-3-5-12(13)15(16)20/h3-6,11H,2,7-10H2,1H3,(H2,16,20)(H,17,19). The third-order valence-electron chi connectivity index (χ3n) is 3.51. The van der Waals surface area contributed by atoms with E-state index in [9.17, 15) is 4.79 Å². The Morgan fingerprint density at radius 3 is 3.00 bits per heavy atom. The van der Waals surface area contributed by atoms with Crippen LogP contribution in [-0.2, 0) is 4.79 Å². The summed E-state index contributed by atoms with van der Waals surface area (Å²) in [5.74, 6) is 1.08. The van der Waals surface area contributed by atoms with E-state index >= 15 is 0 Å². The summed E-state index contributed by atoms with van der Waals surface area (Å²) in [6.07, 6.45) is 1.15. The van der Waals surface area contributed by atoms with E-state index in [0.29, 0.717) is 28.0 Å². The van der Waals surface area contributed by atoms with Gasteiger partial charge < -0.3 is 11.1 Å². The second kappa shape index (κ2) is 7.77. The van der Waals surface area contributed by atoms with Crippen molar-refractivity contribution in [2.24, 2.45) is 5.73 Å². The molecule has 0 bridgehead atoms. The smallest absolute Gasteiger partial charge is 0.238 e. The van der Waals surface area contributed by atoms with Gasteiger partial charge in [-0.1, -0.05) is 31.3 Å². The number of rotatable bonds is 5. The van der Waals surface area contributed by atoms with E-state index in [1.807, 2.05) is 36.0 Å². The summed E-state index contributed by atoms with van der Waals surface area (Å²) in [4.78, 5) is 14.7. The number of anilines is 1. The van der Waals surface area contributed by atoms with Crippen molar-refractivity contribution in [3.63, 3.8) is 0 Å². The molecular weight excluding hydrogens is 302 g/mol. The van der Waals surface area contributed by atoms with Crippen molar-refractivity contribution in [3.05, 3.63) is 29.8 Å². The number of nitrogens with zero attached hydrogens (tertiary/aromatic N) is 1. The van der Waals surface area contributed by atoms with Crippen LogP contribution in [0.5, 0.6) is 0 Å². The highest BCUT2D eigenvalue weighted by molar-refractivity contribution is 8.00. The van der Waals surface area contributed by atoms with Crippen LogP contribution >= 0.6 is 24.0 Å². The normalized spacial score (nSPS) is 19.2. The van der Waals surface area contributed by atoms with Gasteiger partial charge >= 0.3 is 0 Å². The van der Waals surface area contributed by atoms with Gasteiger partial charge in [-0.25, -0.2) is 0 Å². The van der Waals surface area contributed by atoms with Gasteiger partial charge in [-0.2, -0.15) is 11.8 Å². The highest BCUT2D eigenvalue weighted by Crippen LogP contribution is 2.21. The van der Waals surface area contributed by atoms with Gasteiger partial charge in [0.1, 0.15) is 4.99 Å². The van der Waals surface area contributed by atoms with E-state index in [0.717, 1.165) is 25.3 Å². The number of nitrogens with one attached hydrogen (secondary N) is 1. The van der Waals surface area contributed by atoms with E-state index in [1.54, 1.807) is 0 Å². The maximum Gasteiger partial charge on any atom is 0.238 e. The zero-order chi connectivity index (χ0) is 15.2. The monoisotopic (exact) mass is 323 g/mol. The molecule has 1 aliphatic heterocycles.